The number of hydrogen-bond acceptors (Lipinski definition) is 23. The minimum atomic E-state index is -2.61. The van der Waals surface area contributed by atoms with Gasteiger partial charge in [-0.2, -0.15) is 0 Å². The molecule has 31 heteroatoms. The number of aliphatic hydroxyl groups is 8. The molecule has 0 saturated heterocycles. The van der Waals surface area contributed by atoms with Crippen molar-refractivity contribution in [3.05, 3.63) is 0 Å². The van der Waals surface area contributed by atoms with Gasteiger partial charge in [0.1, 0.15) is 72.1 Å². The normalized spacial score (nSPS) is 12.8. The third-order valence-corrected chi connectivity index (χ3v) is 9.58. The van der Waals surface area contributed by atoms with E-state index >= 15 is 0 Å². The zero-order chi connectivity index (χ0) is 46.8. The van der Waals surface area contributed by atoms with E-state index in [2.05, 4.69) is 0 Å². The van der Waals surface area contributed by atoms with Crippen LogP contribution in [0, 0.1) is 32.5 Å². The summed E-state index contributed by atoms with van der Waals surface area (Å²) >= 11 is 0. The largest absolute Gasteiger partial charge is 0.464 e. The topological polar surface area (TPSA) is 355 Å². The van der Waals surface area contributed by atoms with Crippen LogP contribution in [0.15, 0.2) is 0 Å². The fourth-order valence-electron chi connectivity index (χ4n) is 3.84. The molecule has 8 N–H and O–H groups in total. The SMILES string of the molecule is COCCOC(=O)C(C)(COC(=O)C(C)(COC(=O)C(C)(CO)CO)COC(=O)C(C)(CO)CO)COC(=O)C(C)(COC(=O)C(C)(CO)CO)OC(=O)C(C)(CO)CO.[Y].[Y].[Y].[Y].[Y].[Y].[Y].[Y]. The van der Waals surface area contributed by atoms with Crippen molar-refractivity contribution in [2.24, 2.45) is 32.5 Å². The molecule has 0 aliphatic rings. The van der Waals surface area contributed by atoms with Crippen molar-refractivity contribution >= 4 is 41.8 Å². The first kappa shape index (κ1) is 92.2. The molecule has 8 radical (unpaired) electrons. The first-order valence-electron chi connectivity index (χ1n) is 18.4. The van der Waals surface area contributed by atoms with Crippen molar-refractivity contribution in [1.29, 1.82) is 0 Å². The van der Waals surface area contributed by atoms with Crippen molar-refractivity contribution in [2.75, 3.05) is 106 Å². The summed E-state index contributed by atoms with van der Waals surface area (Å²) < 4.78 is 41.7. The first-order chi connectivity index (χ1) is 27.7. The monoisotopic (exact) mass is 1590 g/mol. The van der Waals surface area contributed by atoms with Crippen LogP contribution in [-0.4, -0.2) is 194 Å². The van der Waals surface area contributed by atoms with Gasteiger partial charge in [-0.05, 0) is 48.5 Å². The molecule has 0 aromatic rings. The van der Waals surface area contributed by atoms with Crippen LogP contribution in [0.3, 0.4) is 0 Å². The van der Waals surface area contributed by atoms with Crippen molar-refractivity contribution < 1.29 is 374 Å². The summed E-state index contributed by atoms with van der Waals surface area (Å²) in [6.45, 7) is -5.15. The Hall–Kier alpha value is 4.76. The van der Waals surface area contributed by atoms with E-state index in [9.17, 15) is 74.4 Å². The number of esters is 7. The van der Waals surface area contributed by atoms with Crippen LogP contribution in [0.2, 0.25) is 0 Å². The Morgan fingerprint density at radius 3 is 0.794 bits per heavy atom. The Morgan fingerprint density at radius 1 is 0.309 bits per heavy atom. The van der Waals surface area contributed by atoms with Crippen LogP contribution in [0.4, 0.5) is 0 Å². The van der Waals surface area contributed by atoms with E-state index in [1.165, 1.54) is 7.11 Å². The fraction of sp³-hybridized carbons (Fsp3) is 0.811. The second kappa shape index (κ2) is 43.6. The molecule has 0 spiro atoms. The second-order valence-electron chi connectivity index (χ2n) is 16.3. The number of rotatable bonds is 29. The minimum absolute atomic E-state index is 0. The van der Waals surface area contributed by atoms with Crippen molar-refractivity contribution in [3.63, 3.8) is 0 Å². The Kier molecular flexibility index (Phi) is 59.1. The summed E-state index contributed by atoms with van der Waals surface area (Å²) in [6.07, 6.45) is 0. The Bertz CT molecular complexity index is 1450. The molecule has 372 valence electrons. The van der Waals surface area contributed by atoms with Gasteiger partial charge in [0, 0.05) is 269 Å². The second-order valence-corrected chi connectivity index (χ2v) is 16.3. The average Bonchev–Trinajstić information content (AvgIpc) is 3.25. The number of carbonyl (C=O) groups excluding carboxylic acids is 7. The van der Waals surface area contributed by atoms with Crippen LogP contribution in [0.25, 0.3) is 0 Å². The third kappa shape index (κ3) is 28.1. The number of carbonyl (C=O) groups is 7. The van der Waals surface area contributed by atoms with E-state index in [0.29, 0.717) is 0 Å². The van der Waals surface area contributed by atoms with Crippen LogP contribution in [-0.2, 0) is 333 Å². The molecule has 2 unspecified atom stereocenters. The third-order valence-electron chi connectivity index (χ3n) is 9.58. The van der Waals surface area contributed by atoms with Gasteiger partial charge in [-0.1, -0.05) is 0 Å². The number of methoxy groups -OCH3 is 1. The molecular weight excluding hydrogens is 1520 g/mol. The van der Waals surface area contributed by atoms with E-state index in [1.54, 1.807) is 0 Å². The van der Waals surface area contributed by atoms with Gasteiger partial charge in [0.25, 0.3) is 0 Å². The summed E-state index contributed by atoms with van der Waals surface area (Å²) in [5.41, 5.74) is -14.4. The summed E-state index contributed by atoms with van der Waals surface area (Å²) in [5.74, 6) is -8.97. The number of ether oxygens (including phenoxy) is 8. The summed E-state index contributed by atoms with van der Waals surface area (Å²) in [4.78, 5) is 92.4. The maximum Gasteiger partial charge on any atom is 0.354 e. The van der Waals surface area contributed by atoms with Gasteiger partial charge in [-0.3, -0.25) is 28.8 Å². The molecule has 0 amide bonds. The molecule has 0 fully saturated rings. The molecule has 0 bridgehead atoms. The van der Waals surface area contributed by atoms with E-state index in [0.717, 1.165) is 48.5 Å². The van der Waals surface area contributed by atoms with Crippen molar-refractivity contribution in [3.8, 4) is 0 Å². The van der Waals surface area contributed by atoms with Gasteiger partial charge in [0.15, 0.2) is 0 Å². The predicted octanol–water partition coefficient (Wildman–Crippen LogP) is -3.85. The first-order valence-corrected chi connectivity index (χ1v) is 18.4. The van der Waals surface area contributed by atoms with Crippen LogP contribution >= 0.6 is 0 Å². The minimum Gasteiger partial charge on any atom is -0.464 e. The molecule has 0 saturated carbocycles. The van der Waals surface area contributed by atoms with E-state index < -0.39 is 166 Å². The molecule has 0 aliphatic heterocycles. The molecule has 2 atom stereocenters. The average molecular weight is 1590 g/mol. The van der Waals surface area contributed by atoms with E-state index in [-0.39, 0.29) is 275 Å². The summed E-state index contributed by atoms with van der Waals surface area (Å²) in [5, 5.41) is 77.2. The Labute approximate surface area is 597 Å². The number of aliphatic hydroxyl groups excluding tert-OH is 8. The summed E-state index contributed by atoms with van der Waals surface area (Å²) in [6, 6.07) is 0. The Morgan fingerprint density at radius 2 is 0.529 bits per heavy atom. The zero-order valence-electron chi connectivity index (χ0n) is 39.9. The van der Waals surface area contributed by atoms with Gasteiger partial charge < -0.3 is 78.7 Å². The van der Waals surface area contributed by atoms with Gasteiger partial charge >= 0.3 is 41.8 Å². The summed E-state index contributed by atoms with van der Waals surface area (Å²) in [7, 11) is 1.29. The molecule has 68 heavy (non-hydrogen) atoms. The van der Waals surface area contributed by atoms with Gasteiger partial charge in [-0.25, -0.2) is 4.79 Å². The van der Waals surface area contributed by atoms with Gasteiger partial charge in [0.2, 0.25) is 5.60 Å². The van der Waals surface area contributed by atoms with Crippen LogP contribution in [0.5, 0.6) is 0 Å². The zero-order valence-corrected chi connectivity index (χ0v) is 62.6. The fourth-order valence-corrected chi connectivity index (χ4v) is 3.84. The molecular formula is C37H62O23Y8. The molecule has 0 heterocycles. The molecule has 0 aliphatic carbocycles. The van der Waals surface area contributed by atoms with Crippen LogP contribution < -0.4 is 0 Å². The van der Waals surface area contributed by atoms with Crippen molar-refractivity contribution in [1.82, 2.24) is 0 Å². The van der Waals surface area contributed by atoms with Gasteiger partial charge in [0.05, 0.1) is 59.5 Å². The Balaban J connectivity index is -0.000000622. The smallest absolute Gasteiger partial charge is 0.354 e. The molecule has 23 nitrogen and oxygen atoms in total. The maximum absolute atomic E-state index is 13.8. The maximum atomic E-state index is 13.8. The van der Waals surface area contributed by atoms with E-state index in [4.69, 9.17) is 37.9 Å². The predicted molar refractivity (Wildman–Crippen MR) is 197 cm³/mol. The van der Waals surface area contributed by atoms with Crippen LogP contribution in [0.1, 0.15) is 48.5 Å². The molecule has 0 rings (SSSR count). The number of hydrogen-bond donors (Lipinski definition) is 8. The molecule has 0 aromatic carbocycles. The van der Waals surface area contributed by atoms with E-state index in [1.807, 2.05) is 0 Å². The standard InChI is InChI=1S/C37H62O23.8Y/c1-31(11-38,12-39)24(46)55-20-36(6,21-56-25(47)32(2,13-40)14-41)28(50)57-19-35(5,27(49)54-10-9-53-8)22-58-30(52)37(7,60-29(51)34(4,17-44)18-45)23-59-26(48)33(3,15-42)16-43;;;;;;;;/h38-45H,9-23H2,1-8H3;;;;;;;;. The van der Waals surface area contributed by atoms with Crippen molar-refractivity contribution in [2.45, 2.75) is 54.1 Å². The van der Waals surface area contributed by atoms with Gasteiger partial charge in [-0.15, -0.1) is 0 Å². The quantitative estimate of drug-likeness (QED) is 0.0202. The molecule has 0 aromatic heterocycles.